The quantitative estimate of drug-likeness (QED) is 0.474. The molecule has 1 saturated heterocycles. The molecule has 4 N–H and O–H groups in total. The van der Waals surface area contributed by atoms with Crippen molar-refractivity contribution in [2.24, 2.45) is 0 Å². The molecule has 2 aromatic carbocycles. The molecule has 32 heavy (non-hydrogen) atoms. The number of para-hydroxylation sites is 1. The largest absolute Gasteiger partial charge is 0.394 e. The van der Waals surface area contributed by atoms with E-state index in [-0.39, 0.29) is 29.8 Å². The highest BCUT2D eigenvalue weighted by Crippen LogP contribution is 2.22. The van der Waals surface area contributed by atoms with E-state index >= 15 is 0 Å². The zero-order valence-electron chi connectivity index (χ0n) is 17.1. The van der Waals surface area contributed by atoms with Crippen LogP contribution in [-0.4, -0.2) is 51.0 Å². The van der Waals surface area contributed by atoms with Gasteiger partial charge in [0.25, 0.3) is 0 Å². The summed E-state index contributed by atoms with van der Waals surface area (Å²) in [4.78, 5) is 12.1. The minimum atomic E-state index is -3.77. The lowest BCUT2D eigenvalue weighted by atomic mass is 9.97. The highest BCUT2D eigenvalue weighted by atomic mass is 32.2. The van der Waals surface area contributed by atoms with E-state index in [1.54, 1.807) is 6.07 Å². The van der Waals surface area contributed by atoms with E-state index in [4.69, 9.17) is 4.74 Å². The highest BCUT2D eigenvalue weighted by Gasteiger charge is 2.32. The van der Waals surface area contributed by atoms with Crippen molar-refractivity contribution in [3.8, 4) is 0 Å². The third-order valence-electron chi connectivity index (χ3n) is 5.12. The van der Waals surface area contributed by atoms with Gasteiger partial charge in [-0.25, -0.2) is 26.7 Å². The molecule has 11 heteroatoms. The topological polar surface area (TPSA) is 117 Å². The van der Waals surface area contributed by atoms with Crippen LogP contribution >= 0.6 is 0 Å². The first-order chi connectivity index (χ1) is 15.3. The number of carbonyl (C=O) groups is 1. The fraction of sp³-hybridized carbons (Fsp3) is 0.381. The van der Waals surface area contributed by atoms with Gasteiger partial charge in [-0.15, -0.1) is 0 Å². The van der Waals surface area contributed by atoms with Crippen LogP contribution in [0.15, 0.2) is 53.4 Å². The Morgan fingerprint density at radius 1 is 1.09 bits per heavy atom. The number of hydrogen-bond acceptors (Lipinski definition) is 5. The molecule has 174 valence electrons. The molecule has 3 rings (SSSR count). The van der Waals surface area contributed by atoms with Crippen molar-refractivity contribution in [1.29, 1.82) is 0 Å². The smallest absolute Gasteiger partial charge is 0.319 e. The fourth-order valence-corrected chi connectivity index (χ4v) is 4.50. The number of aliphatic hydroxyl groups is 1. The number of anilines is 1. The molecule has 0 spiro atoms. The first-order valence-corrected chi connectivity index (χ1v) is 11.6. The van der Waals surface area contributed by atoms with E-state index in [0.717, 1.165) is 12.1 Å². The normalized spacial score (nSPS) is 21.2. The van der Waals surface area contributed by atoms with Gasteiger partial charge in [-0.2, -0.15) is 0 Å². The number of carbonyl (C=O) groups excluding carboxylic acids is 1. The number of nitrogens with one attached hydrogen (secondary N) is 3. The molecule has 8 nitrogen and oxygen atoms in total. The van der Waals surface area contributed by atoms with Gasteiger partial charge in [0.1, 0.15) is 17.7 Å². The molecule has 3 atom stereocenters. The summed E-state index contributed by atoms with van der Waals surface area (Å²) in [5.41, 5.74) is 0.0357. The number of rotatable bonds is 8. The first-order valence-electron chi connectivity index (χ1n) is 10.1. The van der Waals surface area contributed by atoms with Crippen molar-refractivity contribution in [2.45, 2.75) is 42.4 Å². The number of amides is 2. The third-order valence-corrected chi connectivity index (χ3v) is 6.59. The molecule has 1 heterocycles. The number of urea groups is 1. The van der Waals surface area contributed by atoms with Gasteiger partial charge in [0.15, 0.2) is 0 Å². The van der Waals surface area contributed by atoms with Crippen molar-refractivity contribution in [3.05, 3.63) is 60.2 Å². The predicted octanol–water partition coefficient (Wildman–Crippen LogP) is 2.36. The average molecular weight is 470 g/mol. The monoisotopic (exact) mass is 469 g/mol. The minimum absolute atomic E-state index is 0.0357. The number of benzene rings is 2. The molecular weight excluding hydrogens is 444 g/mol. The number of ether oxygens (including phenoxy) is 1. The van der Waals surface area contributed by atoms with Crippen LogP contribution in [0, 0.1) is 11.6 Å². The zero-order chi connectivity index (χ0) is 23.1. The van der Waals surface area contributed by atoms with Gasteiger partial charge in [0, 0.05) is 6.54 Å². The van der Waals surface area contributed by atoms with Crippen molar-refractivity contribution >= 4 is 21.7 Å². The van der Waals surface area contributed by atoms with Crippen LogP contribution in [-0.2, 0) is 14.8 Å². The Hall–Kier alpha value is -2.60. The van der Waals surface area contributed by atoms with Gasteiger partial charge in [0.05, 0.1) is 29.3 Å². The van der Waals surface area contributed by atoms with Crippen molar-refractivity contribution in [3.63, 3.8) is 0 Å². The van der Waals surface area contributed by atoms with Crippen LogP contribution in [0.2, 0.25) is 0 Å². The number of hydrogen-bond donors (Lipinski definition) is 4. The molecule has 1 aliphatic rings. The van der Waals surface area contributed by atoms with Gasteiger partial charge in [-0.3, -0.25) is 0 Å². The third kappa shape index (κ3) is 6.45. The number of sulfonamides is 1. The molecule has 0 aromatic heterocycles. The molecule has 2 amide bonds. The maximum atomic E-state index is 13.7. The maximum Gasteiger partial charge on any atom is 0.319 e. The Morgan fingerprint density at radius 3 is 2.50 bits per heavy atom. The minimum Gasteiger partial charge on any atom is -0.394 e. The van der Waals surface area contributed by atoms with Gasteiger partial charge in [-0.1, -0.05) is 12.1 Å². The lowest BCUT2D eigenvalue weighted by Gasteiger charge is -2.36. The SMILES string of the molecule is O=C(Nc1ccccc1F)N[C@@H]1CC[C@H](CCNS(=O)(=O)c2ccc(F)cc2)O[C@H]1CO. The highest BCUT2D eigenvalue weighted by molar-refractivity contribution is 7.89. The summed E-state index contributed by atoms with van der Waals surface area (Å²) in [5, 5.41) is 14.8. The van der Waals surface area contributed by atoms with Gasteiger partial charge < -0.3 is 20.5 Å². The molecule has 0 bridgehead atoms. The van der Waals surface area contributed by atoms with Crippen LogP contribution in [0.25, 0.3) is 0 Å². The molecule has 0 radical (unpaired) electrons. The Kier molecular flexibility index (Phi) is 8.13. The molecule has 1 fully saturated rings. The fourth-order valence-electron chi connectivity index (χ4n) is 3.45. The van der Waals surface area contributed by atoms with E-state index in [9.17, 15) is 27.1 Å². The Balaban J connectivity index is 1.47. The molecule has 1 aliphatic heterocycles. The van der Waals surface area contributed by atoms with Gasteiger partial charge in [0.2, 0.25) is 10.0 Å². The number of halogens is 2. The Bertz CT molecular complexity index is 1020. The summed E-state index contributed by atoms with van der Waals surface area (Å²) >= 11 is 0. The van der Waals surface area contributed by atoms with E-state index in [2.05, 4.69) is 15.4 Å². The van der Waals surface area contributed by atoms with Crippen molar-refractivity contribution in [2.75, 3.05) is 18.5 Å². The summed E-state index contributed by atoms with van der Waals surface area (Å²) in [7, 11) is -3.77. The van der Waals surface area contributed by atoms with Crippen LogP contribution in [0.4, 0.5) is 19.3 Å². The van der Waals surface area contributed by atoms with Gasteiger partial charge >= 0.3 is 6.03 Å². The Labute approximate surface area is 185 Å². The summed E-state index contributed by atoms with van der Waals surface area (Å²) in [6, 6.07) is 9.15. The standard InChI is InChI=1S/C21H25F2N3O5S/c22-14-5-8-16(9-6-14)32(29,30)24-12-11-15-7-10-19(20(13-27)31-15)26-21(28)25-18-4-2-1-3-17(18)23/h1-6,8-9,15,19-20,24,27H,7,10-13H2,(H2,25,26,28)/t15-,19-,20+/m1/s1. The molecule has 0 saturated carbocycles. The summed E-state index contributed by atoms with van der Waals surface area (Å²) < 4.78 is 59.4. The van der Waals surface area contributed by atoms with Crippen LogP contribution in [0.5, 0.6) is 0 Å². The average Bonchev–Trinajstić information content (AvgIpc) is 2.76. The molecule has 0 aliphatic carbocycles. The second-order valence-electron chi connectivity index (χ2n) is 7.38. The lowest BCUT2D eigenvalue weighted by Crippen LogP contribution is -2.52. The van der Waals surface area contributed by atoms with Gasteiger partial charge in [-0.05, 0) is 55.7 Å². The van der Waals surface area contributed by atoms with E-state index in [1.165, 1.54) is 30.3 Å². The molecule has 0 unspecified atom stereocenters. The van der Waals surface area contributed by atoms with Crippen LogP contribution in [0.3, 0.4) is 0 Å². The van der Waals surface area contributed by atoms with E-state index in [1.807, 2.05) is 0 Å². The van der Waals surface area contributed by atoms with Crippen LogP contribution < -0.4 is 15.4 Å². The molecule has 2 aromatic rings. The summed E-state index contributed by atoms with van der Waals surface area (Å²) in [6.07, 6.45) is 0.361. The zero-order valence-corrected chi connectivity index (χ0v) is 17.9. The summed E-state index contributed by atoms with van der Waals surface area (Å²) in [5.74, 6) is -1.09. The second-order valence-corrected chi connectivity index (χ2v) is 9.15. The Morgan fingerprint density at radius 2 is 1.81 bits per heavy atom. The predicted molar refractivity (Wildman–Crippen MR) is 114 cm³/mol. The van der Waals surface area contributed by atoms with Crippen LogP contribution in [0.1, 0.15) is 19.3 Å². The van der Waals surface area contributed by atoms with E-state index in [0.29, 0.717) is 19.3 Å². The first kappa shape index (κ1) is 24.1. The van der Waals surface area contributed by atoms with Crippen molar-refractivity contribution in [1.82, 2.24) is 10.0 Å². The number of aliphatic hydroxyl groups excluding tert-OH is 1. The molecular formula is C21H25F2N3O5S. The van der Waals surface area contributed by atoms with Crippen molar-refractivity contribution < 1.29 is 31.8 Å². The van der Waals surface area contributed by atoms with E-state index < -0.39 is 39.8 Å². The lowest BCUT2D eigenvalue weighted by molar-refractivity contribution is -0.0884. The maximum absolute atomic E-state index is 13.7. The summed E-state index contributed by atoms with van der Waals surface area (Å²) in [6.45, 7) is -0.253. The second kappa shape index (κ2) is 10.8.